The molecule has 24 heavy (non-hydrogen) atoms. The molecule has 6 heteroatoms. The van der Waals surface area contributed by atoms with E-state index < -0.39 is 17.9 Å². The predicted octanol–water partition coefficient (Wildman–Crippen LogP) is 2.28. The molecule has 134 valence electrons. The maximum atomic E-state index is 11.9. The molecule has 1 aliphatic rings. The van der Waals surface area contributed by atoms with Gasteiger partial charge in [0.25, 0.3) is 0 Å². The average Bonchev–Trinajstić information content (AvgIpc) is 2.74. The molecule has 1 aromatic heterocycles. The monoisotopic (exact) mass is 336 g/mol. The Kier molecular flexibility index (Phi) is 6.85. The molecule has 0 radical (unpaired) electrons. The van der Waals surface area contributed by atoms with E-state index >= 15 is 0 Å². The fourth-order valence-electron chi connectivity index (χ4n) is 3.21. The number of amides is 2. The summed E-state index contributed by atoms with van der Waals surface area (Å²) in [6, 6.07) is 1.90. The van der Waals surface area contributed by atoms with Crippen LogP contribution >= 0.6 is 0 Å². The Balaban J connectivity index is 1.72. The molecule has 1 fully saturated rings. The summed E-state index contributed by atoms with van der Waals surface area (Å²) in [4.78, 5) is 23.8. The highest BCUT2D eigenvalue weighted by Gasteiger charge is 2.20. The standard InChI is InChI=1S/C18H28N2O4/c1-12-11-15(13(2)24-12)16(21)9-10-19-17(22)18(23)20-14-7-5-3-4-6-8-14/h11,14,16,21H,3-10H2,1-2H3,(H,19,22)(H,20,23). The molecular formula is C18H28N2O4. The molecule has 3 N–H and O–H groups in total. The zero-order chi connectivity index (χ0) is 17.5. The SMILES string of the molecule is Cc1cc(C(O)CCNC(=O)C(=O)NC2CCCCCC2)c(C)o1. The molecule has 0 aromatic carbocycles. The molecular weight excluding hydrogens is 308 g/mol. The molecule has 6 nitrogen and oxygen atoms in total. The summed E-state index contributed by atoms with van der Waals surface area (Å²) in [6.45, 7) is 3.86. The molecule has 1 unspecified atom stereocenters. The summed E-state index contributed by atoms with van der Waals surface area (Å²) in [5.41, 5.74) is 0.727. The second-order valence-electron chi connectivity index (χ2n) is 6.59. The number of furan rings is 1. The van der Waals surface area contributed by atoms with Gasteiger partial charge in [-0.3, -0.25) is 9.59 Å². The van der Waals surface area contributed by atoms with Crippen molar-refractivity contribution in [2.24, 2.45) is 0 Å². The van der Waals surface area contributed by atoms with Gasteiger partial charge >= 0.3 is 11.8 Å². The largest absolute Gasteiger partial charge is 0.466 e. The maximum Gasteiger partial charge on any atom is 0.309 e. The van der Waals surface area contributed by atoms with E-state index in [9.17, 15) is 14.7 Å². The van der Waals surface area contributed by atoms with Crippen molar-refractivity contribution in [1.29, 1.82) is 0 Å². The van der Waals surface area contributed by atoms with Gasteiger partial charge in [0.1, 0.15) is 11.5 Å². The van der Waals surface area contributed by atoms with Gasteiger partial charge in [0, 0.05) is 18.2 Å². The van der Waals surface area contributed by atoms with Crippen molar-refractivity contribution >= 4 is 11.8 Å². The zero-order valence-corrected chi connectivity index (χ0v) is 14.6. The van der Waals surface area contributed by atoms with Crippen molar-refractivity contribution in [1.82, 2.24) is 10.6 Å². The van der Waals surface area contributed by atoms with Crippen LogP contribution in [-0.2, 0) is 9.59 Å². The number of hydrogen-bond acceptors (Lipinski definition) is 4. The summed E-state index contributed by atoms with van der Waals surface area (Å²) in [5.74, 6) is 0.212. The second-order valence-corrected chi connectivity index (χ2v) is 6.59. The highest BCUT2D eigenvalue weighted by atomic mass is 16.3. The molecule has 0 bridgehead atoms. The summed E-state index contributed by atoms with van der Waals surface area (Å²) in [6.07, 6.45) is 6.10. The third-order valence-corrected chi connectivity index (χ3v) is 4.54. The van der Waals surface area contributed by atoms with Crippen molar-refractivity contribution in [2.45, 2.75) is 70.9 Å². The Morgan fingerprint density at radius 2 is 1.88 bits per heavy atom. The number of aliphatic hydroxyl groups excluding tert-OH is 1. The van der Waals surface area contributed by atoms with Gasteiger partial charge < -0.3 is 20.2 Å². The van der Waals surface area contributed by atoms with Crippen molar-refractivity contribution in [3.8, 4) is 0 Å². The van der Waals surface area contributed by atoms with Crippen LogP contribution in [0.1, 0.15) is 68.1 Å². The van der Waals surface area contributed by atoms with E-state index in [1.54, 1.807) is 13.0 Å². The van der Waals surface area contributed by atoms with Crippen LogP contribution in [0.4, 0.5) is 0 Å². The molecule has 0 aliphatic heterocycles. The van der Waals surface area contributed by atoms with Gasteiger partial charge in [-0.05, 0) is 39.2 Å². The van der Waals surface area contributed by atoms with Crippen molar-refractivity contribution in [3.05, 3.63) is 23.2 Å². The number of aliphatic hydroxyl groups is 1. The maximum absolute atomic E-state index is 11.9. The summed E-state index contributed by atoms with van der Waals surface area (Å²) in [7, 11) is 0. The zero-order valence-electron chi connectivity index (χ0n) is 14.6. The lowest BCUT2D eigenvalue weighted by atomic mass is 10.1. The first-order valence-electron chi connectivity index (χ1n) is 8.81. The molecule has 0 saturated heterocycles. The van der Waals surface area contributed by atoms with E-state index in [1.807, 2.05) is 6.92 Å². The topological polar surface area (TPSA) is 91.6 Å². The van der Waals surface area contributed by atoms with Gasteiger partial charge in [0.05, 0.1) is 6.10 Å². The van der Waals surface area contributed by atoms with Crippen LogP contribution in [0, 0.1) is 13.8 Å². The van der Waals surface area contributed by atoms with Crippen LogP contribution in [-0.4, -0.2) is 29.5 Å². The Morgan fingerprint density at radius 1 is 1.21 bits per heavy atom. The Hall–Kier alpha value is -1.82. The van der Waals surface area contributed by atoms with Crippen LogP contribution < -0.4 is 10.6 Å². The van der Waals surface area contributed by atoms with Crippen LogP contribution in [0.2, 0.25) is 0 Å². The number of rotatable bonds is 5. The van der Waals surface area contributed by atoms with Crippen LogP contribution in [0.25, 0.3) is 0 Å². The minimum Gasteiger partial charge on any atom is -0.466 e. The molecule has 2 amide bonds. The van der Waals surface area contributed by atoms with Gasteiger partial charge in [-0.25, -0.2) is 0 Å². The van der Waals surface area contributed by atoms with E-state index in [4.69, 9.17) is 4.42 Å². The van der Waals surface area contributed by atoms with Gasteiger partial charge in [0.2, 0.25) is 0 Å². The fraction of sp³-hybridized carbons (Fsp3) is 0.667. The smallest absolute Gasteiger partial charge is 0.309 e. The van der Waals surface area contributed by atoms with Crippen molar-refractivity contribution in [3.63, 3.8) is 0 Å². The normalized spacial score (nSPS) is 17.1. The lowest BCUT2D eigenvalue weighted by molar-refractivity contribution is -0.139. The van der Waals surface area contributed by atoms with Crippen LogP contribution in [0.15, 0.2) is 10.5 Å². The third-order valence-electron chi connectivity index (χ3n) is 4.54. The number of carbonyl (C=O) groups is 2. The van der Waals surface area contributed by atoms with Gasteiger partial charge in [0.15, 0.2) is 0 Å². The molecule has 1 atom stereocenters. The predicted molar refractivity (Wildman–Crippen MR) is 90.4 cm³/mol. The Morgan fingerprint density at radius 3 is 2.46 bits per heavy atom. The molecule has 1 aromatic rings. The molecule has 2 rings (SSSR count). The average molecular weight is 336 g/mol. The minimum atomic E-state index is -0.715. The van der Waals surface area contributed by atoms with E-state index in [0.29, 0.717) is 12.2 Å². The lowest BCUT2D eigenvalue weighted by Gasteiger charge is -2.16. The molecule has 1 saturated carbocycles. The third kappa shape index (κ3) is 5.37. The quantitative estimate of drug-likeness (QED) is 0.568. The highest BCUT2D eigenvalue weighted by Crippen LogP contribution is 2.23. The minimum absolute atomic E-state index is 0.105. The van der Waals surface area contributed by atoms with E-state index in [2.05, 4.69) is 10.6 Å². The van der Waals surface area contributed by atoms with Gasteiger partial charge in [-0.2, -0.15) is 0 Å². The van der Waals surface area contributed by atoms with E-state index in [0.717, 1.165) is 37.0 Å². The first-order chi connectivity index (χ1) is 11.5. The fourth-order valence-corrected chi connectivity index (χ4v) is 3.21. The summed E-state index contributed by atoms with van der Waals surface area (Å²) >= 11 is 0. The van der Waals surface area contributed by atoms with Crippen LogP contribution in [0.5, 0.6) is 0 Å². The van der Waals surface area contributed by atoms with E-state index in [-0.39, 0.29) is 12.6 Å². The van der Waals surface area contributed by atoms with Crippen molar-refractivity contribution < 1.29 is 19.1 Å². The molecule has 0 spiro atoms. The Bertz CT molecular complexity index is 559. The highest BCUT2D eigenvalue weighted by molar-refractivity contribution is 6.35. The number of aryl methyl sites for hydroxylation is 2. The number of nitrogens with one attached hydrogen (secondary N) is 2. The van der Waals surface area contributed by atoms with Gasteiger partial charge in [-0.1, -0.05) is 25.7 Å². The number of hydrogen-bond donors (Lipinski definition) is 3. The Labute approximate surface area is 143 Å². The first kappa shape index (κ1) is 18.5. The van der Waals surface area contributed by atoms with E-state index in [1.165, 1.54) is 12.8 Å². The molecule has 1 aliphatic carbocycles. The second kappa shape index (κ2) is 8.87. The first-order valence-corrected chi connectivity index (χ1v) is 8.81. The van der Waals surface area contributed by atoms with Crippen LogP contribution in [0.3, 0.4) is 0 Å². The lowest BCUT2D eigenvalue weighted by Crippen LogP contribution is -2.44. The number of carbonyl (C=O) groups excluding carboxylic acids is 2. The van der Waals surface area contributed by atoms with Crippen molar-refractivity contribution in [2.75, 3.05) is 6.54 Å². The van der Waals surface area contributed by atoms with Gasteiger partial charge in [-0.15, -0.1) is 0 Å². The summed E-state index contributed by atoms with van der Waals surface area (Å²) in [5, 5.41) is 15.5. The summed E-state index contributed by atoms with van der Waals surface area (Å²) < 4.78 is 5.38. The molecule has 1 heterocycles.